The number of rotatable bonds is 2. The highest BCUT2D eigenvalue weighted by atomic mass is 32.1. The van der Waals surface area contributed by atoms with E-state index in [1.54, 1.807) is 0 Å². The first kappa shape index (κ1) is 6.81. The molecule has 0 radical (unpaired) electrons. The van der Waals surface area contributed by atoms with Crippen LogP contribution in [0.25, 0.3) is 0 Å². The molecule has 0 fully saturated rings. The lowest BCUT2D eigenvalue weighted by Crippen LogP contribution is -1.72. The van der Waals surface area contributed by atoms with Crippen LogP contribution in [0.3, 0.4) is 0 Å². The van der Waals surface area contributed by atoms with E-state index in [-0.39, 0.29) is 0 Å². The third kappa shape index (κ3) is 1.83. The Kier molecular flexibility index (Phi) is 2.29. The minimum Gasteiger partial charge on any atom is -0.149 e. The minimum atomic E-state index is 1.25. The molecule has 9 heavy (non-hydrogen) atoms. The largest absolute Gasteiger partial charge is 0.149 e. The van der Waals surface area contributed by atoms with Crippen molar-refractivity contribution in [1.82, 2.24) is 0 Å². The molecule has 0 saturated carbocycles. The summed E-state index contributed by atoms with van der Waals surface area (Å²) in [6.07, 6.45) is 2.51. The lowest BCUT2D eigenvalue weighted by molar-refractivity contribution is 0.939. The summed E-state index contributed by atoms with van der Waals surface area (Å²) in [5, 5.41) is 2.21. The molecule has 0 atom stereocenters. The fraction of sp³-hybridized carbons (Fsp3) is 0.500. The molecule has 0 spiro atoms. The van der Waals surface area contributed by atoms with E-state index in [0.29, 0.717) is 0 Å². The van der Waals surface area contributed by atoms with E-state index in [4.69, 9.17) is 0 Å². The van der Waals surface area contributed by atoms with Gasteiger partial charge in [0.25, 0.3) is 0 Å². The van der Waals surface area contributed by atoms with Crippen LogP contribution in [-0.2, 0) is 6.42 Å². The predicted molar refractivity (Wildman–Crippen MR) is 43.1 cm³/mol. The standard InChI is InChI=1S/C8H12S/c1-3-4-8-5-7(2)6-9-8/h5-6H,3-4H2,1-2H3. The van der Waals surface area contributed by atoms with Crippen molar-refractivity contribution >= 4 is 11.3 Å². The molecule has 1 aromatic rings. The van der Waals surface area contributed by atoms with Gasteiger partial charge in [0.05, 0.1) is 0 Å². The summed E-state index contributed by atoms with van der Waals surface area (Å²) >= 11 is 1.87. The molecule has 0 nitrogen and oxygen atoms in total. The van der Waals surface area contributed by atoms with Crippen molar-refractivity contribution < 1.29 is 0 Å². The van der Waals surface area contributed by atoms with Crippen LogP contribution in [0.15, 0.2) is 11.4 Å². The number of hydrogen-bond acceptors (Lipinski definition) is 1. The molecule has 0 aliphatic heterocycles. The average molecular weight is 140 g/mol. The molecule has 0 aliphatic carbocycles. The maximum atomic E-state index is 2.27. The molecule has 1 rings (SSSR count). The molecule has 0 aromatic carbocycles. The molecule has 0 saturated heterocycles. The quantitative estimate of drug-likeness (QED) is 0.592. The zero-order valence-corrected chi connectivity index (χ0v) is 6.79. The van der Waals surface area contributed by atoms with Crippen LogP contribution >= 0.6 is 11.3 Å². The first-order valence-electron chi connectivity index (χ1n) is 3.37. The first-order chi connectivity index (χ1) is 4.33. The molecule has 0 N–H and O–H groups in total. The van der Waals surface area contributed by atoms with Crippen LogP contribution in [0.1, 0.15) is 23.8 Å². The molecular formula is C8H12S. The van der Waals surface area contributed by atoms with Crippen molar-refractivity contribution in [3.63, 3.8) is 0 Å². The molecule has 1 aromatic heterocycles. The second-order valence-electron chi connectivity index (χ2n) is 2.34. The Bertz CT molecular complexity index is 176. The lowest BCUT2D eigenvalue weighted by Gasteiger charge is -1.86. The fourth-order valence-electron chi connectivity index (χ4n) is 0.868. The van der Waals surface area contributed by atoms with E-state index in [2.05, 4.69) is 25.3 Å². The fourth-order valence-corrected chi connectivity index (χ4v) is 1.85. The third-order valence-corrected chi connectivity index (χ3v) is 2.40. The topological polar surface area (TPSA) is 0 Å². The van der Waals surface area contributed by atoms with Crippen LogP contribution in [0, 0.1) is 6.92 Å². The van der Waals surface area contributed by atoms with E-state index in [1.807, 2.05) is 11.3 Å². The third-order valence-electron chi connectivity index (χ3n) is 1.28. The Hall–Kier alpha value is -0.300. The van der Waals surface area contributed by atoms with Gasteiger partial charge in [0.2, 0.25) is 0 Å². The highest BCUT2D eigenvalue weighted by molar-refractivity contribution is 7.10. The summed E-state index contributed by atoms with van der Waals surface area (Å²) in [6, 6.07) is 2.27. The molecule has 0 unspecified atom stereocenters. The van der Waals surface area contributed by atoms with Crippen molar-refractivity contribution in [2.75, 3.05) is 0 Å². The van der Waals surface area contributed by atoms with Gasteiger partial charge in [-0.25, -0.2) is 0 Å². The van der Waals surface area contributed by atoms with Gasteiger partial charge in [-0.2, -0.15) is 0 Å². The summed E-state index contributed by atoms with van der Waals surface area (Å²) in [6.45, 7) is 4.37. The highest BCUT2D eigenvalue weighted by Gasteiger charge is 1.92. The van der Waals surface area contributed by atoms with E-state index < -0.39 is 0 Å². The molecule has 1 heteroatoms. The molecule has 0 aliphatic rings. The van der Waals surface area contributed by atoms with E-state index in [9.17, 15) is 0 Å². The normalized spacial score (nSPS) is 10.0. The van der Waals surface area contributed by atoms with Gasteiger partial charge >= 0.3 is 0 Å². The minimum absolute atomic E-state index is 1.25. The van der Waals surface area contributed by atoms with Crippen molar-refractivity contribution in [3.8, 4) is 0 Å². The van der Waals surface area contributed by atoms with E-state index >= 15 is 0 Å². The molecule has 0 bridgehead atoms. The van der Waals surface area contributed by atoms with Crippen LogP contribution in [0.4, 0.5) is 0 Å². The summed E-state index contributed by atoms with van der Waals surface area (Å²) in [5.41, 5.74) is 1.41. The second-order valence-corrected chi connectivity index (χ2v) is 3.34. The Labute approximate surface area is 60.5 Å². The van der Waals surface area contributed by atoms with Crippen molar-refractivity contribution in [2.45, 2.75) is 26.7 Å². The number of aryl methyl sites for hydroxylation is 2. The monoisotopic (exact) mass is 140 g/mol. The van der Waals surface area contributed by atoms with Crippen molar-refractivity contribution in [2.24, 2.45) is 0 Å². The van der Waals surface area contributed by atoms with Crippen molar-refractivity contribution in [1.29, 1.82) is 0 Å². The summed E-state index contributed by atoms with van der Waals surface area (Å²) < 4.78 is 0. The molecule has 50 valence electrons. The van der Waals surface area contributed by atoms with Gasteiger partial charge in [0.15, 0.2) is 0 Å². The average Bonchev–Trinajstić information content (AvgIpc) is 2.17. The SMILES string of the molecule is CCCc1cc(C)cs1. The maximum Gasteiger partial charge on any atom is 0.00478 e. The van der Waals surface area contributed by atoms with Gasteiger partial charge < -0.3 is 0 Å². The van der Waals surface area contributed by atoms with Gasteiger partial charge in [-0.3, -0.25) is 0 Å². The van der Waals surface area contributed by atoms with Crippen LogP contribution in [0.5, 0.6) is 0 Å². The lowest BCUT2D eigenvalue weighted by atomic mass is 10.2. The maximum absolute atomic E-state index is 2.27. The summed E-state index contributed by atoms with van der Waals surface area (Å²) in [7, 11) is 0. The Balaban J connectivity index is 2.61. The van der Waals surface area contributed by atoms with E-state index in [1.165, 1.54) is 23.3 Å². The second kappa shape index (κ2) is 3.02. The summed E-state index contributed by atoms with van der Waals surface area (Å²) in [4.78, 5) is 1.52. The van der Waals surface area contributed by atoms with Crippen LogP contribution < -0.4 is 0 Å². The van der Waals surface area contributed by atoms with Crippen molar-refractivity contribution in [3.05, 3.63) is 21.9 Å². The van der Waals surface area contributed by atoms with Gasteiger partial charge in [0.1, 0.15) is 0 Å². The van der Waals surface area contributed by atoms with Gasteiger partial charge in [0, 0.05) is 4.88 Å². The van der Waals surface area contributed by atoms with Gasteiger partial charge in [-0.05, 0) is 30.4 Å². The van der Waals surface area contributed by atoms with Crippen LogP contribution in [0.2, 0.25) is 0 Å². The zero-order valence-electron chi connectivity index (χ0n) is 5.98. The highest BCUT2D eigenvalue weighted by Crippen LogP contribution is 2.14. The number of thiophene rings is 1. The first-order valence-corrected chi connectivity index (χ1v) is 4.25. The Morgan fingerprint density at radius 2 is 2.33 bits per heavy atom. The summed E-state index contributed by atoms with van der Waals surface area (Å²) in [5.74, 6) is 0. The zero-order chi connectivity index (χ0) is 6.69. The predicted octanol–water partition coefficient (Wildman–Crippen LogP) is 3.01. The van der Waals surface area contributed by atoms with E-state index in [0.717, 1.165) is 0 Å². The molecule has 1 heterocycles. The molecular weight excluding hydrogens is 128 g/mol. The molecule has 0 amide bonds. The van der Waals surface area contributed by atoms with Gasteiger partial charge in [-0.1, -0.05) is 13.3 Å². The van der Waals surface area contributed by atoms with Gasteiger partial charge in [-0.15, -0.1) is 11.3 Å². The Morgan fingerprint density at radius 1 is 1.56 bits per heavy atom. The van der Waals surface area contributed by atoms with Crippen LogP contribution in [-0.4, -0.2) is 0 Å². The smallest absolute Gasteiger partial charge is 0.00478 e. The Morgan fingerprint density at radius 3 is 2.78 bits per heavy atom. The number of hydrogen-bond donors (Lipinski definition) is 0.